The molecule has 1 unspecified atom stereocenters. The molecule has 1 heterocycles. The summed E-state index contributed by atoms with van der Waals surface area (Å²) >= 11 is 0. The maximum absolute atomic E-state index is 5.99. The molecule has 0 amide bonds. The SMILES string of the molecule is CC1CC(C)(C)O[Si]1(C)C. The van der Waals surface area contributed by atoms with Crippen molar-refractivity contribution in [2.24, 2.45) is 0 Å². The van der Waals surface area contributed by atoms with Crippen LogP contribution in [-0.2, 0) is 4.43 Å². The van der Waals surface area contributed by atoms with E-state index in [1.165, 1.54) is 6.42 Å². The van der Waals surface area contributed by atoms with E-state index in [1.807, 2.05) is 0 Å². The quantitative estimate of drug-likeness (QED) is 0.493. The molecular formula is C8H18OSi. The predicted molar refractivity (Wildman–Crippen MR) is 46.7 cm³/mol. The molecule has 0 N–H and O–H groups in total. The van der Waals surface area contributed by atoms with Crippen molar-refractivity contribution >= 4 is 8.32 Å². The minimum absolute atomic E-state index is 0.162. The first-order valence-electron chi connectivity index (χ1n) is 4.04. The minimum atomic E-state index is -1.28. The van der Waals surface area contributed by atoms with Crippen molar-refractivity contribution in [2.75, 3.05) is 0 Å². The number of hydrogen-bond donors (Lipinski definition) is 0. The molecule has 0 bridgehead atoms. The van der Waals surface area contributed by atoms with Crippen molar-refractivity contribution in [1.29, 1.82) is 0 Å². The summed E-state index contributed by atoms with van der Waals surface area (Å²) in [6, 6.07) is 0. The van der Waals surface area contributed by atoms with Gasteiger partial charge >= 0.3 is 0 Å². The molecule has 1 nitrogen and oxygen atoms in total. The Bertz CT molecular complexity index is 140. The highest BCUT2D eigenvalue weighted by Crippen LogP contribution is 2.42. The van der Waals surface area contributed by atoms with Gasteiger partial charge < -0.3 is 4.43 Å². The average Bonchev–Trinajstić information content (AvgIpc) is 1.73. The van der Waals surface area contributed by atoms with E-state index in [0.717, 1.165) is 5.54 Å². The van der Waals surface area contributed by atoms with Gasteiger partial charge in [-0.1, -0.05) is 6.92 Å². The predicted octanol–water partition coefficient (Wildman–Crippen LogP) is 2.78. The Morgan fingerprint density at radius 3 is 2.00 bits per heavy atom. The van der Waals surface area contributed by atoms with Crippen molar-refractivity contribution in [3.63, 3.8) is 0 Å². The van der Waals surface area contributed by atoms with Crippen LogP contribution in [0.2, 0.25) is 18.6 Å². The second-order valence-electron chi connectivity index (χ2n) is 4.57. The molecule has 1 aliphatic rings. The van der Waals surface area contributed by atoms with E-state index in [9.17, 15) is 0 Å². The Hall–Kier alpha value is 0.177. The van der Waals surface area contributed by atoms with Gasteiger partial charge in [-0.25, -0.2) is 0 Å². The molecule has 1 aliphatic heterocycles. The lowest BCUT2D eigenvalue weighted by Gasteiger charge is -2.23. The molecule has 0 aliphatic carbocycles. The van der Waals surface area contributed by atoms with Crippen LogP contribution in [0.15, 0.2) is 0 Å². The summed E-state index contributed by atoms with van der Waals surface area (Å²) < 4.78 is 5.99. The Kier molecular flexibility index (Phi) is 1.72. The highest BCUT2D eigenvalue weighted by Gasteiger charge is 2.44. The monoisotopic (exact) mass is 158 g/mol. The van der Waals surface area contributed by atoms with Crippen LogP contribution < -0.4 is 0 Å². The zero-order chi connectivity index (χ0) is 7.99. The molecule has 0 saturated carbocycles. The van der Waals surface area contributed by atoms with E-state index >= 15 is 0 Å². The molecule has 1 atom stereocenters. The molecule has 1 saturated heterocycles. The van der Waals surface area contributed by atoms with Crippen LogP contribution >= 0.6 is 0 Å². The summed E-state index contributed by atoms with van der Waals surface area (Å²) in [7, 11) is -1.28. The standard InChI is InChI=1S/C8H18OSi/c1-7-6-8(2,3)9-10(7,4)5/h7H,6H2,1-5H3. The Morgan fingerprint density at radius 2 is 1.90 bits per heavy atom. The van der Waals surface area contributed by atoms with Crippen LogP contribution in [0.1, 0.15) is 27.2 Å². The lowest BCUT2D eigenvalue weighted by atomic mass is 10.0. The zero-order valence-electron chi connectivity index (χ0n) is 7.69. The molecule has 0 aromatic rings. The largest absolute Gasteiger partial charge is 0.412 e. The van der Waals surface area contributed by atoms with Crippen LogP contribution in [0.3, 0.4) is 0 Å². The number of hydrogen-bond acceptors (Lipinski definition) is 1. The van der Waals surface area contributed by atoms with Gasteiger partial charge in [0.2, 0.25) is 0 Å². The smallest absolute Gasteiger partial charge is 0.190 e. The Labute approximate surface area is 64.9 Å². The molecule has 0 spiro atoms. The molecular weight excluding hydrogens is 140 g/mol. The summed E-state index contributed by atoms with van der Waals surface area (Å²) in [5.41, 5.74) is 0.984. The molecule has 1 fully saturated rings. The van der Waals surface area contributed by atoms with Gasteiger partial charge in [-0.05, 0) is 38.9 Å². The van der Waals surface area contributed by atoms with E-state index in [1.54, 1.807) is 0 Å². The third kappa shape index (κ3) is 1.43. The maximum atomic E-state index is 5.99. The lowest BCUT2D eigenvalue weighted by molar-refractivity contribution is 0.127. The van der Waals surface area contributed by atoms with Crippen LogP contribution in [0.25, 0.3) is 0 Å². The van der Waals surface area contributed by atoms with Crippen molar-refractivity contribution in [3.05, 3.63) is 0 Å². The third-order valence-electron chi connectivity index (χ3n) is 2.52. The summed E-state index contributed by atoms with van der Waals surface area (Å²) in [4.78, 5) is 0. The first-order valence-corrected chi connectivity index (χ1v) is 7.02. The zero-order valence-corrected chi connectivity index (χ0v) is 8.69. The molecule has 2 heteroatoms. The molecule has 0 radical (unpaired) electrons. The fourth-order valence-electron chi connectivity index (χ4n) is 1.84. The van der Waals surface area contributed by atoms with Gasteiger partial charge in [0.15, 0.2) is 8.32 Å². The summed E-state index contributed by atoms with van der Waals surface area (Å²) in [5.74, 6) is 0. The minimum Gasteiger partial charge on any atom is -0.412 e. The molecule has 0 aromatic heterocycles. The fourth-order valence-corrected chi connectivity index (χ4v) is 4.53. The van der Waals surface area contributed by atoms with E-state index in [4.69, 9.17) is 4.43 Å². The highest BCUT2D eigenvalue weighted by atomic mass is 28.4. The van der Waals surface area contributed by atoms with E-state index in [-0.39, 0.29) is 5.60 Å². The first-order chi connectivity index (χ1) is 4.33. The van der Waals surface area contributed by atoms with Crippen LogP contribution in [0, 0.1) is 0 Å². The topological polar surface area (TPSA) is 9.23 Å². The van der Waals surface area contributed by atoms with E-state index in [0.29, 0.717) is 0 Å². The third-order valence-corrected chi connectivity index (χ3v) is 6.18. The Balaban J connectivity index is 2.71. The summed E-state index contributed by atoms with van der Waals surface area (Å²) in [5, 5.41) is 0. The van der Waals surface area contributed by atoms with Crippen LogP contribution in [0.4, 0.5) is 0 Å². The van der Waals surface area contributed by atoms with Crippen LogP contribution in [-0.4, -0.2) is 13.9 Å². The fraction of sp³-hybridized carbons (Fsp3) is 1.00. The van der Waals surface area contributed by atoms with Crippen molar-refractivity contribution in [3.8, 4) is 0 Å². The van der Waals surface area contributed by atoms with Gasteiger partial charge in [0, 0.05) is 0 Å². The van der Waals surface area contributed by atoms with Crippen LogP contribution in [0.5, 0.6) is 0 Å². The van der Waals surface area contributed by atoms with Crippen molar-refractivity contribution < 1.29 is 4.43 Å². The Morgan fingerprint density at radius 1 is 1.40 bits per heavy atom. The second-order valence-corrected chi connectivity index (χ2v) is 8.97. The molecule has 0 aromatic carbocycles. The number of rotatable bonds is 0. The summed E-state index contributed by atoms with van der Waals surface area (Å²) in [6.45, 7) is 11.3. The van der Waals surface area contributed by atoms with Crippen molar-refractivity contribution in [1.82, 2.24) is 0 Å². The van der Waals surface area contributed by atoms with Gasteiger partial charge in [0.05, 0.1) is 5.60 Å². The molecule has 60 valence electrons. The second kappa shape index (κ2) is 2.08. The molecule has 10 heavy (non-hydrogen) atoms. The maximum Gasteiger partial charge on any atom is 0.190 e. The van der Waals surface area contributed by atoms with Gasteiger partial charge in [-0.15, -0.1) is 0 Å². The summed E-state index contributed by atoms with van der Waals surface area (Å²) in [6.07, 6.45) is 1.24. The normalized spacial score (nSPS) is 36.3. The van der Waals surface area contributed by atoms with E-state index in [2.05, 4.69) is 33.9 Å². The van der Waals surface area contributed by atoms with Gasteiger partial charge in [0.25, 0.3) is 0 Å². The van der Waals surface area contributed by atoms with Gasteiger partial charge in [-0.2, -0.15) is 0 Å². The highest BCUT2D eigenvalue weighted by molar-refractivity contribution is 6.73. The molecule has 1 rings (SSSR count). The van der Waals surface area contributed by atoms with Gasteiger partial charge in [-0.3, -0.25) is 0 Å². The average molecular weight is 158 g/mol. The van der Waals surface area contributed by atoms with E-state index < -0.39 is 8.32 Å². The lowest BCUT2D eigenvalue weighted by Crippen LogP contribution is -2.32. The van der Waals surface area contributed by atoms with Gasteiger partial charge in [0.1, 0.15) is 0 Å². The van der Waals surface area contributed by atoms with Crippen molar-refractivity contribution in [2.45, 2.75) is 51.4 Å². The first kappa shape index (κ1) is 8.28.